The molecule has 3 aromatic rings. The molecule has 2 heterocycles. The van der Waals surface area contributed by atoms with E-state index in [1.165, 1.54) is 13.3 Å². The van der Waals surface area contributed by atoms with Crippen LogP contribution >= 0.6 is 23.2 Å². The number of hydrogen-bond donors (Lipinski definition) is 2. The molecule has 0 unspecified atom stereocenters. The quantitative estimate of drug-likeness (QED) is 0.372. The Morgan fingerprint density at radius 2 is 1.88 bits per heavy atom. The van der Waals surface area contributed by atoms with E-state index in [1.807, 2.05) is 0 Å². The minimum atomic E-state index is -2.17. The molecule has 0 atom stereocenters. The van der Waals surface area contributed by atoms with Crippen LogP contribution in [0.5, 0.6) is 11.6 Å². The second kappa shape index (κ2) is 9.81. The van der Waals surface area contributed by atoms with Gasteiger partial charge in [-0.3, -0.25) is 9.48 Å². The summed E-state index contributed by atoms with van der Waals surface area (Å²) < 4.78 is 13.3. The van der Waals surface area contributed by atoms with Crippen LogP contribution in [0.4, 0.5) is 17.3 Å². The van der Waals surface area contributed by atoms with Gasteiger partial charge in [0.2, 0.25) is 11.8 Å². The third-order valence-corrected chi connectivity index (χ3v) is 10.7. The zero-order valence-corrected chi connectivity index (χ0v) is 22.7. The van der Waals surface area contributed by atoms with Gasteiger partial charge in [-0.05, 0) is 30.3 Å². The number of carbonyl (C=O) groups is 1. The first kappa shape index (κ1) is 25.8. The number of anilines is 3. The highest BCUT2D eigenvalue weighted by atomic mass is 35.5. The normalized spacial score (nSPS) is 11.8. The summed E-state index contributed by atoms with van der Waals surface area (Å²) in [6.45, 7) is 10.6. The van der Waals surface area contributed by atoms with Crippen molar-refractivity contribution in [1.29, 1.82) is 0 Å². The van der Waals surface area contributed by atoms with Crippen molar-refractivity contribution in [3.8, 4) is 11.6 Å². The lowest BCUT2D eigenvalue weighted by molar-refractivity contribution is 0.102. The Morgan fingerprint density at radius 3 is 2.47 bits per heavy atom. The molecule has 2 aromatic heterocycles. The fourth-order valence-electron chi connectivity index (χ4n) is 2.69. The minimum absolute atomic E-state index is 0.0321. The average Bonchev–Trinajstić information content (AvgIpc) is 3.16. The number of aromatic nitrogens is 4. The molecular formula is C22H28Cl2N6O3Si. The van der Waals surface area contributed by atoms with Crippen LogP contribution in [-0.2, 0) is 7.05 Å². The van der Waals surface area contributed by atoms with Gasteiger partial charge in [0.15, 0.2) is 0 Å². The van der Waals surface area contributed by atoms with Gasteiger partial charge in [0.1, 0.15) is 16.3 Å². The molecule has 0 saturated carbocycles. The van der Waals surface area contributed by atoms with Crippen LogP contribution < -0.4 is 19.8 Å². The summed E-state index contributed by atoms with van der Waals surface area (Å²) >= 11 is 13.0. The van der Waals surface area contributed by atoms with Gasteiger partial charge in [0, 0.05) is 19.4 Å². The molecule has 12 heteroatoms. The number of methoxy groups -OCH3 is 1. The summed E-state index contributed by atoms with van der Waals surface area (Å²) in [6, 6.07) is 3.35. The second-order valence-electron chi connectivity index (χ2n) is 9.20. The molecule has 0 aliphatic heterocycles. The number of aryl methyl sites for hydroxylation is 1. The molecule has 0 saturated heterocycles. The molecule has 0 spiro atoms. The number of amides is 1. The van der Waals surface area contributed by atoms with Gasteiger partial charge in [-0.15, -0.1) is 0 Å². The van der Waals surface area contributed by atoms with E-state index < -0.39 is 14.2 Å². The molecule has 3 rings (SSSR count). The molecule has 0 aliphatic carbocycles. The summed E-state index contributed by atoms with van der Waals surface area (Å²) in [5.41, 5.74) is 1.05. The van der Waals surface area contributed by atoms with E-state index in [2.05, 4.69) is 59.6 Å². The Kier molecular flexibility index (Phi) is 7.44. The SMILES string of the molecule is COc1nc(Nc2cnn(C)c2)ncc1C(=O)Nc1c(Cl)ccc(O[Si](C)(C)C(C)(C)C)c1Cl. The van der Waals surface area contributed by atoms with Crippen molar-refractivity contribution in [2.45, 2.75) is 38.9 Å². The maximum absolute atomic E-state index is 13.1. The maximum Gasteiger partial charge on any atom is 0.262 e. The summed E-state index contributed by atoms with van der Waals surface area (Å²) in [7, 11) is 1.05. The van der Waals surface area contributed by atoms with E-state index in [-0.39, 0.29) is 38.2 Å². The number of hydrogen-bond acceptors (Lipinski definition) is 7. The maximum atomic E-state index is 13.1. The summed E-state index contributed by atoms with van der Waals surface area (Å²) in [4.78, 5) is 21.5. The van der Waals surface area contributed by atoms with Crippen LogP contribution in [0.3, 0.4) is 0 Å². The average molecular weight is 523 g/mol. The smallest absolute Gasteiger partial charge is 0.262 e. The number of nitrogens with zero attached hydrogens (tertiary/aromatic N) is 4. The first-order valence-corrected chi connectivity index (χ1v) is 14.1. The van der Waals surface area contributed by atoms with E-state index in [0.29, 0.717) is 11.4 Å². The largest absolute Gasteiger partial charge is 0.542 e. The standard InChI is InChI=1S/C22H28Cl2N6O3Si/c1-22(2,3)34(6,7)33-16-9-8-15(23)18(17(16)24)28-19(31)14-11-25-21(29-20(14)32-5)27-13-10-26-30(4)12-13/h8-12H,1-7H3,(H,28,31)(H,25,27,29). The van der Waals surface area contributed by atoms with Crippen LogP contribution in [0.25, 0.3) is 0 Å². The molecule has 0 fully saturated rings. The molecule has 9 nitrogen and oxygen atoms in total. The van der Waals surface area contributed by atoms with Crippen molar-refractivity contribution in [1.82, 2.24) is 19.7 Å². The highest BCUT2D eigenvalue weighted by molar-refractivity contribution is 6.74. The number of rotatable bonds is 7. The Labute approximate surface area is 209 Å². The van der Waals surface area contributed by atoms with Gasteiger partial charge in [0.05, 0.1) is 29.7 Å². The highest BCUT2D eigenvalue weighted by Gasteiger charge is 2.39. The van der Waals surface area contributed by atoms with Crippen molar-refractivity contribution in [2.75, 3.05) is 17.7 Å². The van der Waals surface area contributed by atoms with Crippen LogP contribution in [0, 0.1) is 0 Å². The van der Waals surface area contributed by atoms with Crippen molar-refractivity contribution < 1.29 is 14.0 Å². The number of halogens is 2. The van der Waals surface area contributed by atoms with E-state index in [0.717, 1.165) is 0 Å². The molecule has 2 N–H and O–H groups in total. The zero-order chi connectivity index (χ0) is 25.3. The van der Waals surface area contributed by atoms with Crippen LogP contribution in [0.1, 0.15) is 31.1 Å². The monoisotopic (exact) mass is 522 g/mol. The highest BCUT2D eigenvalue weighted by Crippen LogP contribution is 2.43. The topological polar surface area (TPSA) is 103 Å². The summed E-state index contributed by atoms with van der Waals surface area (Å²) in [6.07, 6.45) is 4.75. The lowest BCUT2D eigenvalue weighted by atomic mass is 10.2. The first-order chi connectivity index (χ1) is 15.8. The van der Waals surface area contributed by atoms with Crippen LogP contribution in [0.15, 0.2) is 30.7 Å². The molecule has 34 heavy (non-hydrogen) atoms. The van der Waals surface area contributed by atoms with Gasteiger partial charge < -0.3 is 19.8 Å². The van der Waals surface area contributed by atoms with E-state index >= 15 is 0 Å². The Bertz CT molecular complexity index is 1210. The van der Waals surface area contributed by atoms with Crippen molar-refractivity contribution in [3.05, 3.63) is 46.3 Å². The van der Waals surface area contributed by atoms with E-state index in [4.69, 9.17) is 32.4 Å². The predicted octanol–water partition coefficient (Wildman–Crippen LogP) is 5.91. The van der Waals surface area contributed by atoms with Gasteiger partial charge in [-0.2, -0.15) is 10.1 Å². The molecule has 0 bridgehead atoms. The molecule has 1 amide bonds. The molecule has 0 radical (unpaired) electrons. The number of carbonyl (C=O) groups excluding carboxylic acids is 1. The summed E-state index contributed by atoms with van der Waals surface area (Å²) in [5, 5.41) is 10.3. The molecule has 182 valence electrons. The van der Waals surface area contributed by atoms with E-state index in [9.17, 15) is 4.79 Å². The summed E-state index contributed by atoms with van der Waals surface area (Å²) in [5.74, 6) is 0.271. The predicted molar refractivity (Wildman–Crippen MR) is 137 cm³/mol. The van der Waals surface area contributed by atoms with Crippen LogP contribution in [-0.4, -0.2) is 41.1 Å². The van der Waals surface area contributed by atoms with Gasteiger partial charge in [-0.25, -0.2) is 4.98 Å². The zero-order valence-electron chi connectivity index (χ0n) is 20.2. The molecular weight excluding hydrogens is 495 g/mol. The Hall–Kier alpha value is -2.82. The van der Waals surface area contributed by atoms with E-state index in [1.54, 1.807) is 36.3 Å². The third kappa shape index (κ3) is 5.62. The van der Waals surface area contributed by atoms with Crippen LogP contribution in [0.2, 0.25) is 28.2 Å². The Morgan fingerprint density at radius 1 is 1.18 bits per heavy atom. The van der Waals surface area contributed by atoms with Crippen molar-refractivity contribution in [3.63, 3.8) is 0 Å². The lowest BCUT2D eigenvalue weighted by Gasteiger charge is -2.36. The van der Waals surface area contributed by atoms with Gasteiger partial charge >= 0.3 is 0 Å². The fraction of sp³-hybridized carbons (Fsp3) is 0.364. The molecule has 1 aromatic carbocycles. The first-order valence-electron chi connectivity index (χ1n) is 10.5. The van der Waals surface area contributed by atoms with Crippen molar-refractivity contribution in [2.24, 2.45) is 7.05 Å². The number of benzene rings is 1. The molecule has 0 aliphatic rings. The third-order valence-electron chi connectivity index (χ3n) is 5.62. The second-order valence-corrected chi connectivity index (χ2v) is 14.7. The van der Waals surface area contributed by atoms with Gasteiger partial charge in [-0.1, -0.05) is 44.0 Å². The Balaban J connectivity index is 1.86. The fourth-order valence-corrected chi connectivity index (χ4v) is 4.28. The van der Waals surface area contributed by atoms with Gasteiger partial charge in [0.25, 0.3) is 14.2 Å². The number of ether oxygens (including phenoxy) is 1. The number of nitrogens with one attached hydrogen (secondary N) is 2. The van der Waals surface area contributed by atoms with Crippen molar-refractivity contribution >= 4 is 54.7 Å². The minimum Gasteiger partial charge on any atom is -0.542 e. The lowest BCUT2D eigenvalue weighted by Crippen LogP contribution is -2.43.